The molecule has 9 heteroatoms. The van der Waals surface area contributed by atoms with Gasteiger partial charge in [-0.15, -0.1) is 11.3 Å². The molecule has 2 rings (SSSR count). The fourth-order valence-corrected chi connectivity index (χ4v) is 3.22. The van der Waals surface area contributed by atoms with Gasteiger partial charge >= 0.3 is 0 Å². The minimum Gasteiger partial charge on any atom is -0.319 e. The van der Waals surface area contributed by atoms with E-state index in [0.29, 0.717) is 9.88 Å². The number of nitrogens with zero attached hydrogens (tertiary/aromatic N) is 2. The molecule has 0 aliphatic carbocycles. The van der Waals surface area contributed by atoms with Gasteiger partial charge in [0.1, 0.15) is 10.7 Å². The molecule has 1 amide bonds. The van der Waals surface area contributed by atoms with Gasteiger partial charge in [-0.25, -0.2) is 22.1 Å². The zero-order chi connectivity index (χ0) is 16.5. The van der Waals surface area contributed by atoms with E-state index in [1.807, 2.05) is 0 Å². The first-order chi connectivity index (χ1) is 10.2. The van der Waals surface area contributed by atoms with Gasteiger partial charge in [0.2, 0.25) is 10.0 Å². The summed E-state index contributed by atoms with van der Waals surface area (Å²) in [4.78, 5) is 16.2. The van der Waals surface area contributed by atoms with Gasteiger partial charge in [-0.3, -0.25) is 4.79 Å². The van der Waals surface area contributed by atoms with Crippen molar-refractivity contribution < 1.29 is 17.6 Å². The predicted molar refractivity (Wildman–Crippen MR) is 82.1 cm³/mol. The molecule has 1 heterocycles. The average molecular weight is 343 g/mol. The van der Waals surface area contributed by atoms with Crippen molar-refractivity contribution in [3.8, 4) is 0 Å². The molecule has 0 fully saturated rings. The van der Waals surface area contributed by atoms with Crippen LogP contribution < -0.4 is 5.32 Å². The second-order valence-corrected chi connectivity index (χ2v) is 8.01. The lowest BCUT2D eigenvalue weighted by Gasteiger charge is -2.13. The molecule has 0 atom stereocenters. The molecule has 0 spiro atoms. The summed E-state index contributed by atoms with van der Waals surface area (Å²) in [6.45, 7) is 1.74. The Morgan fingerprint density at radius 1 is 1.36 bits per heavy atom. The largest absolute Gasteiger partial charge is 0.319 e. The molecule has 1 aromatic heterocycles. The summed E-state index contributed by atoms with van der Waals surface area (Å²) in [5.74, 6) is -1.25. The number of nitrogens with one attached hydrogen (secondary N) is 1. The molecule has 1 N–H and O–H groups in total. The van der Waals surface area contributed by atoms with Crippen molar-refractivity contribution in [1.82, 2.24) is 9.29 Å². The van der Waals surface area contributed by atoms with E-state index in [0.717, 1.165) is 33.8 Å². The number of carbonyl (C=O) groups excluding carboxylic acids is 1. The highest BCUT2D eigenvalue weighted by Gasteiger charge is 2.20. The second kappa shape index (κ2) is 6.11. The normalized spacial score (nSPS) is 11.7. The second-order valence-electron chi connectivity index (χ2n) is 4.63. The molecule has 0 bridgehead atoms. The Morgan fingerprint density at radius 3 is 2.59 bits per heavy atom. The zero-order valence-electron chi connectivity index (χ0n) is 12.1. The topological polar surface area (TPSA) is 79.4 Å². The summed E-state index contributed by atoms with van der Waals surface area (Å²) in [5.41, 5.74) is -0.195. The van der Waals surface area contributed by atoms with Crippen molar-refractivity contribution in [2.45, 2.75) is 11.8 Å². The van der Waals surface area contributed by atoms with E-state index in [2.05, 4.69) is 10.3 Å². The van der Waals surface area contributed by atoms with Gasteiger partial charge in [0.05, 0.1) is 21.8 Å². The van der Waals surface area contributed by atoms with Gasteiger partial charge in [0.25, 0.3) is 5.91 Å². The Bertz CT molecular complexity index is 816. The first kappa shape index (κ1) is 16.5. The molecule has 0 radical (unpaired) electrons. The third-order valence-electron chi connectivity index (χ3n) is 2.81. The van der Waals surface area contributed by atoms with Crippen LogP contribution in [0.4, 0.5) is 10.1 Å². The highest BCUT2D eigenvalue weighted by Crippen LogP contribution is 2.22. The van der Waals surface area contributed by atoms with Crippen molar-refractivity contribution in [3.05, 3.63) is 40.1 Å². The summed E-state index contributed by atoms with van der Waals surface area (Å²) in [5, 5.41) is 3.07. The lowest BCUT2D eigenvalue weighted by molar-refractivity contribution is 0.103. The molecular weight excluding hydrogens is 329 g/mol. The third-order valence-corrected chi connectivity index (χ3v) is 5.53. The number of sulfonamides is 1. The minimum atomic E-state index is -3.71. The molecule has 118 valence electrons. The van der Waals surface area contributed by atoms with E-state index in [1.54, 1.807) is 6.92 Å². The van der Waals surface area contributed by atoms with Gasteiger partial charge in [0, 0.05) is 14.1 Å². The summed E-state index contributed by atoms with van der Waals surface area (Å²) in [6.07, 6.45) is 1.38. The monoisotopic (exact) mass is 343 g/mol. The number of hydrogen-bond donors (Lipinski definition) is 1. The van der Waals surface area contributed by atoms with E-state index >= 15 is 0 Å². The minimum absolute atomic E-state index is 0.102. The number of hydrogen-bond acceptors (Lipinski definition) is 5. The van der Waals surface area contributed by atoms with Crippen LogP contribution in [0.5, 0.6) is 0 Å². The van der Waals surface area contributed by atoms with Crippen molar-refractivity contribution in [3.63, 3.8) is 0 Å². The van der Waals surface area contributed by atoms with Gasteiger partial charge in [0.15, 0.2) is 0 Å². The quantitative estimate of drug-likeness (QED) is 0.922. The Morgan fingerprint density at radius 2 is 2.05 bits per heavy atom. The van der Waals surface area contributed by atoms with Gasteiger partial charge in [-0.2, -0.15) is 0 Å². The van der Waals surface area contributed by atoms with Crippen molar-refractivity contribution in [2.24, 2.45) is 0 Å². The molecular formula is C13H14FN3O3S2. The molecule has 0 aliphatic rings. The number of thiazole rings is 1. The van der Waals surface area contributed by atoms with Crippen LogP contribution in [0.2, 0.25) is 0 Å². The van der Waals surface area contributed by atoms with Crippen LogP contribution in [0.25, 0.3) is 0 Å². The van der Waals surface area contributed by atoms with E-state index in [1.165, 1.54) is 20.3 Å². The van der Waals surface area contributed by atoms with Gasteiger partial charge < -0.3 is 5.32 Å². The van der Waals surface area contributed by atoms with Crippen LogP contribution in [0.1, 0.15) is 14.7 Å². The maximum Gasteiger partial charge on any atom is 0.267 e. The fourth-order valence-electron chi connectivity index (χ4n) is 1.62. The van der Waals surface area contributed by atoms with Crippen LogP contribution in [-0.4, -0.2) is 37.7 Å². The zero-order valence-corrected chi connectivity index (χ0v) is 13.8. The average Bonchev–Trinajstić information content (AvgIpc) is 2.87. The first-order valence-corrected chi connectivity index (χ1v) is 8.43. The van der Waals surface area contributed by atoms with E-state index in [9.17, 15) is 17.6 Å². The standard InChI is InChI=1S/C13H14FN3O3S2/c1-8-15-7-12(21-8)13(18)16-11-6-9(4-5-10(11)14)22(19,20)17(2)3/h4-7H,1-3H3,(H,16,18). The van der Waals surface area contributed by atoms with E-state index < -0.39 is 21.7 Å². The number of carbonyl (C=O) groups is 1. The number of rotatable bonds is 4. The summed E-state index contributed by atoms with van der Waals surface area (Å²) in [6, 6.07) is 3.25. The maximum absolute atomic E-state index is 13.8. The molecule has 0 saturated heterocycles. The van der Waals surface area contributed by atoms with Crippen LogP contribution in [0.15, 0.2) is 29.3 Å². The van der Waals surface area contributed by atoms with Crippen molar-refractivity contribution in [1.29, 1.82) is 0 Å². The SMILES string of the molecule is Cc1ncc(C(=O)Nc2cc(S(=O)(=O)N(C)C)ccc2F)s1. The Hall–Kier alpha value is -1.84. The maximum atomic E-state index is 13.8. The number of benzene rings is 1. The molecule has 22 heavy (non-hydrogen) atoms. The number of amides is 1. The number of aromatic nitrogens is 1. The smallest absolute Gasteiger partial charge is 0.267 e. The highest BCUT2D eigenvalue weighted by molar-refractivity contribution is 7.89. The van der Waals surface area contributed by atoms with Crippen LogP contribution in [-0.2, 0) is 10.0 Å². The van der Waals surface area contributed by atoms with E-state index in [-0.39, 0.29) is 10.6 Å². The Labute approximate surface area is 131 Å². The fraction of sp³-hybridized carbons (Fsp3) is 0.231. The lowest BCUT2D eigenvalue weighted by atomic mass is 10.3. The predicted octanol–water partition coefficient (Wildman–Crippen LogP) is 2.09. The summed E-state index contributed by atoms with van der Waals surface area (Å²) in [7, 11) is -0.963. The Balaban J connectivity index is 2.34. The molecule has 0 aliphatic heterocycles. The first-order valence-electron chi connectivity index (χ1n) is 6.17. The highest BCUT2D eigenvalue weighted by atomic mass is 32.2. The van der Waals surface area contributed by atoms with Crippen LogP contribution in [0, 0.1) is 12.7 Å². The molecule has 0 unspecified atom stereocenters. The molecule has 2 aromatic rings. The summed E-state index contributed by atoms with van der Waals surface area (Å²) < 4.78 is 38.9. The Kier molecular flexibility index (Phi) is 4.59. The molecule has 6 nitrogen and oxygen atoms in total. The number of aryl methyl sites for hydroxylation is 1. The molecule has 1 aromatic carbocycles. The van der Waals surface area contributed by atoms with Gasteiger partial charge in [-0.1, -0.05) is 0 Å². The van der Waals surface area contributed by atoms with Crippen LogP contribution >= 0.6 is 11.3 Å². The summed E-state index contributed by atoms with van der Waals surface area (Å²) >= 11 is 1.16. The van der Waals surface area contributed by atoms with Crippen LogP contribution in [0.3, 0.4) is 0 Å². The van der Waals surface area contributed by atoms with Gasteiger partial charge in [-0.05, 0) is 25.1 Å². The number of anilines is 1. The number of halogens is 1. The van der Waals surface area contributed by atoms with Crippen molar-refractivity contribution >= 4 is 33.0 Å². The molecule has 0 saturated carbocycles. The lowest BCUT2D eigenvalue weighted by Crippen LogP contribution is -2.22. The third kappa shape index (κ3) is 3.32. The van der Waals surface area contributed by atoms with Crippen molar-refractivity contribution in [2.75, 3.05) is 19.4 Å². The van der Waals surface area contributed by atoms with E-state index in [4.69, 9.17) is 0 Å².